The Morgan fingerprint density at radius 2 is 2.17 bits per heavy atom. The first kappa shape index (κ1) is 12.6. The van der Waals surface area contributed by atoms with Gasteiger partial charge in [0.2, 0.25) is 0 Å². The fourth-order valence-corrected chi connectivity index (χ4v) is 1.73. The average molecular weight is 250 g/mol. The Labute approximate surface area is 104 Å². The van der Waals surface area contributed by atoms with Crippen LogP contribution in [0.3, 0.4) is 0 Å². The number of carbonyl (C=O) groups excluding carboxylic acids is 1. The molecular formula is C13H14O5. The van der Waals surface area contributed by atoms with E-state index >= 15 is 0 Å². The maximum atomic E-state index is 10.6. The number of hydrogen-bond donors (Lipinski definition) is 2. The van der Waals surface area contributed by atoms with E-state index in [2.05, 4.69) is 0 Å². The number of aliphatic hydroxyl groups excluding tert-OH is 2. The Hall–Kier alpha value is -1.85. The SMILES string of the molecule is O=CC1=CC=C(COc2cc(CO)oc2CO)C1. The van der Waals surface area contributed by atoms with Crippen molar-refractivity contribution < 1.29 is 24.2 Å². The summed E-state index contributed by atoms with van der Waals surface area (Å²) < 4.78 is 10.7. The zero-order valence-electron chi connectivity index (χ0n) is 9.76. The second-order valence-electron chi connectivity index (χ2n) is 3.97. The van der Waals surface area contributed by atoms with Gasteiger partial charge in [0, 0.05) is 12.5 Å². The van der Waals surface area contributed by atoms with E-state index in [0.29, 0.717) is 30.3 Å². The third kappa shape index (κ3) is 2.69. The van der Waals surface area contributed by atoms with Gasteiger partial charge in [-0.1, -0.05) is 12.2 Å². The molecule has 0 bridgehead atoms. The van der Waals surface area contributed by atoms with Crippen LogP contribution in [0.5, 0.6) is 5.75 Å². The van der Waals surface area contributed by atoms with Crippen LogP contribution in [0.15, 0.2) is 33.8 Å². The van der Waals surface area contributed by atoms with E-state index in [-0.39, 0.29) is 13.2 Å². The first-order valence-electron chi connectivity index (χ1n) is 5.56. The van der Waals surface area contributed by atoms with Crippen molar-refractivity contribution in [1.82, 2.24) is 0 Å². The largest absolute Gasteiger partial charge is 0.485 e. The molecule has 2 rings (SSSR count). The van der Waals surface area contributed by atoms with Crippen LogP contribution in [0.2, 0.25) is 0 Å². The molecule has 96 valence electrons. The predicted octanol–water partition coefficient (Wildman–Crippen LogP) is 1.10. The van der Waals surface area contributed by atoms with Crippen LogP contribution >= 0.6 is 0 Å². The molecule has 0 spiro atoms. The first-order chi connectivity index (χ1) is 8.76. The van der Waals surface area contributed by atoms with Crippen LogP contribution in [0.4, 0.5) is 0 Å². The van der Waals surface area contributed by atoms with Crippen LogP contribution in [0, 0.1) is 0 Å². The van der Waals surface area contributed by atoms with E-state index in [1.165, 1.54) is 0 Å². The lowest BCUT2D eigenvalue weighted by atomic mass is 10.2. The topological polar surface area (TPSA) is 79.9 Å². The fourth-order valence-electron chi connectivity index (χ4n) is 1.73. The molecule has 18 heavy (non-hydrogen) atoms. The number of ether oxygens (including phenoxy) is 1. The van der Waals surface area contributed by atoms with Crippen molar-refractivity contribution in [1.29, 1.82) is 0 Å². The minimum atomic E-state index is -0.285. The molecule has 0 unspecified atom stereocenters. The summed E-state index contributed by atoms with van der Waals surface area (Å²) in [6.07, 6.45) is 5.01. The maximum Gasteiger partial charge on any atom is 0.171 e. The van der Waals surface area contributed by atoms with Crippen molar-refractivity contribution in [2.24, 2.45) is 0 Å². The highest BCUT2D eigenvalue weighted by Crippen LogP contribution is 2.25. The molecular weight excluding hydrogens is 236 g/mol. The standard InChI is InChI=1S/C13H14O5/c14-5-9-1-2-10(3-9)8-17-12-4-11(6-15)18-13(12)7-16/h1-2,4-5,15-16H,3,6-8H2. The van der Waals surface area contributed by atoms with Crippen molar-refractivity contribution in [2.75, 3.05) is 6.61 Å². The van der Waals surface area contributed by atoms with Crippen molar-refractivity contribution >= 4 is 6.29 Å². The molecule has 1 aliphatic carbocycles. The monoisotopic (exact) mass is 250 g/mol. The summed E-state index contributed by atoms with van der Waals surface area (Å²) in [5.74, 6) is 1.06. The molecule has 1 aromatic heterocycles. The molecule has 0 amide bonds. The van der Waals surface area contributed by atoms with Gasteiger partial charge in [0.1, 0.15) is 31.9 Å². The summed E-state index contributed by atoms with van der Waals surface area (Å²) in [6.45, 7) is -0.201. The number of furan rings is 1. The molecule has 2 N–H and O–H groups in total. The summed E-state index contributed by atoms with van der Waals surface area (Å²) in [6, 6.07) is 1.55. The molecule has 5 nitrogen and oxygen atoms in total. The van der Waals surface area contributed by atoms with E-state index in [1.54, 1.807) is 12.1 Å². The molecule has 0 aliphatic heterocycles. The van der Waals surface area contributed by atoms with Crippen LogP contribution in [-0.2, 0) is 18.0 Å². The second-order valence-corrected chi connectivity index (χ2v) is 3.97. The van der Waals surface area contributed by atoms with Gasteiger partial charge in [0.15, 0.2) is 11.5 Å². The normalized spacial score (nSPS) is 14.3. The Bertz CT molecular complexity index is 495. The molecule has 0 saturated carbocycles. The Morgan fingerprint density at radius 3 is 2.78 bits per heavy atom. The second kappa shape index (κ2) is 5.66. The molecule has 0 atom stereocenters. The average Bonchev–Trinajstić information content (AvgIpc) is 3.02. The molecule has 0 aromatic carbocycles. The van der Waals surface area contributed by atoms with Crippen LogP contribution in [0.25, 0.3) is 0 Å². The van der Waals surface area contributed by atoms with Gasteiger partial charge in [-0.3, -0.25) is 4.79 Å². The molecule has 0 fully saturated rings. The zero-order valence-corrected chi connectivity index (χ0v) is 9.76. The summed E-state index contributed by atoms with van der Waals surface area (Å²) in [5.41, 5.74) is 1.70. The number of aldehydes is 1. The van der Waals surface area contributed by atoms with E-state index in [1.807, 2.05) is 6.08 Å². The van der Waals surface area contributed by atoms with Gasteiger partial charge in [-0.25, -0.2) is 0 Å². The molecule has 1 aliphatic rings. The lowest BCUT2D eigenvalue weighted by Gasteiger charge is -2.05. The molecule has 5 heteroatoms. The van der Waals surface area contributed by atoms with E-state index < -0.39 is 0 Å². The van der Waals surface area contributed by atoms with Gasteiger partial charge in [0.05, 0.1) is 0 Å². The number of hydrogen-bond acceptors (Lipinski definition) is 5. The zero-order chi connectivity index (χ0) is 13.0. The van der Waals surface area contributed by atoms with Crippen molar-refractivity contribution in [2.45, 2.75) is 19.6 Å². The smallest absolute Gasteiger partial charge is 0.171 e. The van der Waals surface area contributed by atoms with Gasteiger partial charge >= 0.3 is 0 Å². The first-order valence-corrected chi connectivity index (χ1v) is 5.56. The van der Waals surface area contributed by atoms with Crippen molar-refractivity contribution in [3.8, 4) is 5.75 Å². The third-order valence-electron chi connectivity index (χ3n) is 2.65. The van der Waals surface area contributed by atoms with Crippen LogP contribution in [-0.4, -0.2) is 23.1 Å². The summed E-state index contributed by atoms with van der Waals surface area (Å²) >= 11 is 0. The van der Waals surface area contributed by atoms with Gasteiger partial charge < -0.3 is 19.4 Å². The van der Waals surface area contributed by atoms with Crippen molar-refractivity contribution in [3.05, 3.63) is 40.9 Å². The minimum absolute atomic E-state index is 0.240. The Morgan fingerprint density at radius 1 is 1.33 bits per heavy atom. The minimum Gasteiger partial charge on any atom is -0.485 e. The lowest BCUT2D eigenvalue weighted by molar-refractivity contribution is -0.104. The lowest BCUT2D eigenvalue weighted by Crippen LogP contribution is -2.01. The fraction of sp³-hybridized carbons (Fsp3) is 0.308. The maximum absolute atomic E-state index is 10.6. The number of allylic oxidation sites excluding steroid dienone is 3. The summed E-state index contributed by atoms with van der Waals surface area (Å²) in [7, 11) is 0. The predicted molar refractivity (Wildman–Crippen MR) is 62.9 cm³/mol. The van der Waals surface area contributed by atoms with Crippen molar-refractivity contribution in [3.63, 3.8) is 0 Å². The highest BCUT2D eigenvalue weighted by molar-refractivity contribution is 5.76. The van der Waals surface area contributed by atoms with Crippen LogP contribution < -0.4 is 4.74 Å². The van der Waals surface area contributed by atoms with Gasteiger partial charge in [-0.05, 0) is 11.1 Å². The summed E-state index contributed by atoms with van der Waals surface area (Å²) in [4.78, 5) is 10.6. The highest BCUT2D eigenvalue weighted by Gasteiger charge is 2.13. The van der Waals surface area contributed by atoms with E-state index in [4.69, 9.17) is 19.4 Å². The highest BCUT2D eigenvalue weighted by atomic mass is 16.5. The number of carbonyl (C=O) groups is 1. The third-order valence-corrected chi connectivity index (χ3v) is 2.65. The Balaban J connectivity index is 1.95. The Kier molecular flexibility index (Phi) is 3.96. The molecule has 1 heterocycles. The van der Waals surface area contributed by atoms with Gasteiger partial charge in [-0.15, -0.1) is 0 Å². The summed E-state index contributed by atoms with van der Waals surface area (Å²) in [5, 5.41) is 18.0. The molecule has 0 radical (unpaired) electrons. The number of aliphatic hydroxyl groups is 2. The van der Waals surface area contributed by atoms with E-state index in [9.17, 15) is 4.79 Å². The molecule has 0 saturated heterocycles. The van der Waals surface area contributed by atoms with Crippen LogP contribution in [0.1, 0.15) is 17.9 Å². The number of rotatable bonds is 6. The quantitative estimate of drug-likeness (QED) is 0.739. The van der Waals surface area contributed by atoms with E-state index in [0.717, 1.165) is 17.4 Å². The van der Waals surface area contributed by atoms with Gasteiger partial charge in [0.25, 0.3) is 0 Å². The molecule has 1 aromatic rings. The van der Waals surface area contributed by atoms with Gasteiger partial charge in [-0.2, -0.15) is 0 Å².